The van der Waals surface area contributed by atoms with Crippen molar-refractivity contribution in [3.8, 4) is 0 Å². The molecule has 0 aliphatic heterocycles. The number of hydrogen-bond donors (Lipinski definition) is 1. The smallest absolute Gasteiger partial charge is 0.324 e. The summed E-state index contributed by atoms with van der Waals surface area (Å²) in [5.74, 6) is -0.322. The summed E-state index contributed by atoms with van der Waals surface area (Å²) < 4.78 is 10.6. The van der Waals surface area contributed by atoms with E-state index in [-0.39, 0.29) is 5.97 Å². The molecule has 0 spiro atoms. The number of halogens is 1. The van der Waals surface area contributed by atoms with E-state index in [2.05, 4.69) is 11.8 Å². The second-order valence-electron chi connectivity index (χ2n) is 7.56. The quantitative estimate of drug-likeness (QED) is 0.133. The Balaban J connectivity index is 3.08. The van der Waals surface area contributed by atoms with Gasteiger partial charge in [0.1, 0.15) is 6.04 Å². The van der Waals surface area contributed by atoms with Gasteiger partial charge in [0.05, 0.1) is 6.61 Å². The van der Waals surface area contributed by atoms with Gasteiger partial charge in [-0.2, -0.15) is 0 Å². The molecule has 0 rings (SSSR count). The summed E-state index contributed by atoms with van der Waals surface area (Å²) in [5, 5.41) is 0. The van der Waals surface area contributed by atoms with E-state index in [1.54, 1.807) is 6.92 Å². The summed E-state index contributed by atoms with van der Waals surface area (Å²) >= 11 is 5.36. The van der Waals surface area contributed by atoms with E-state index >= 15 is 0 Å². The van der Waals surface area contributed by atoms with Crippen LogP contribution in [0.15, 0.2) is 0 Å². The van der Waals surface area contributed by atoms with Crippen molar-refractivity contribution in [3.63, 3.8) is 0 Å². The number of rotatable bonds is 21. The van der Waals surface area contributed by atoms with Gasteiger partial charge < -0.3 is 9.47 Å². The zero-order valence-electron chi connectivity index (χ0n) is 17.9. The second kappa shape index (κ2) is 22.0. The molecule has 162 valence electrons. The second-order valence-corrected chi connectivity index (χ2v) is 7.78. The van der Waals surface area contributed by atoms with Gasteiger partial charge in [0, 0.05) is 19.6 Å². The zero-order chi connectivity index (χ0) is 20.0. The summed E-state index contributed by atoms with van der Waals surface area (Å²) in [6.07, 6.45) is 19.9. The fraction of sp³-hybridized carbons (Fsp3) is 0.955. The first-order valence-electron chi connectivity index (χ1n) is 11.3. The zero-order valence-corrected chi connectivity index (χ0v) is 18.7. The maximum Gasteiger partial charge on any atom is 0.324 e. The third kappa shape index (κ3) is 20.2. The standard InChI is InChI=1S/C22H44ClNO3/c1-3-4-5-6-7-8-9-10-11-12-13-14-15-16-18-26-19-17-20-27-22(25)21(2)24-23/h21,24H,3-20H2,1-2H3/t21-/m0/s1. The molecule has 5 heteroatoms. The molecule has 0 aliphatic rings. The Kier molecular flexibility index (Phi) is 21.7. The summed E-state index contributed by atoms with van der Waals surface area (Å²) in [5.41, 5.74) is 0. The Bertz CT molecular complexity index is 316. The molecule has 1 atom stereocenters. The predicted octanol–water partition coefficient (Wildman–Crippen LogP) is 6.55. The van der Waals surface area contributed by atoms with E-state index in [0.717, 1.165) is 19.4 Å². The van der Waals surface area contributed by atoms with Gasteiger partial charge in [0.15, 0.2) is 0 Å². The number of nitrogens with one attached hydrogen (secondary N) is 1. The van der Waals surface area contributed by atoms with Crippen LogP contribution in [-0.4, -0.2) is 31.8 Å². The SMILES string of the molecule is CCCCCCCCCCCCCCCCOCCCOC(=O)[C@H](C)NCl. The van der Waals surface area contributed by atoms with Crippen molar-refractivity contribution < 1.29 is 14.3 Å². The third-order valence-corrected chi connectivity index (χ3v) is 5.16. The fourth-order valence-corrected chi connectivity index (χ4v) is 3.09. The molecular formula is C22H44ClNO3. The number of ether oxygens (including phenoxy) is 2. The van der Waals surface area contributed by atoms with Crippen molar-refractivity contribution in [2.75, 3.05) is 19.8 Å². The molecule has 0 bridgehead atoms. The third-order valence-electron chi connectivity index (χ3n) is 4.84. The van der Waals surface area contributed by atoms with Crippen molar-refractivity contribution in [1.82, 2.24) is 4.84 Å². The molecule has 0 aromatic rings. The van der Waals surface area contributed by atoms with E-state index in [0.29, 0.717) is 13.2 Å². The fourth-order valence-electron chi connectivity index (χ4n) is 3.00. The molecule has 0 fully saturated rings. The van der Waals surface area contributed by atoms with Crippen LogP contribution in [0.2, 0.25) is 0 Å². The van der Waals surface area contributed by atoms with Crippen LogP contribution >= 0.6 is 11.8 Å². The van der Waals surface area contributed by atoms with Gasteiger partial charge in [0.25, 0.3) is 0 Å². The molecule has 27 heavy (non-hydrogen) atoms. The van der Waals surface area contributed by atoms with Crippen molar-refractivity contribution in [2.45, 2.75) is 116 Å². The molecule has 0 aliphatic carbocycles. The first-order valence-corrected chi connectivity index (χ1v) is 11.7. The van der Waals surface area contributed by atoms with E-state index in [1.807, 2.05) is 0 Å². The molecule has 1 N–H and O–H groups in total. The van der Waals surface area contributed by atoms with Gasteiger partial charge in [-0.3, -0.25) is 4.79 Å². The lowest BCUT2D eigenvalue weighted by atomic mass is 10.0. The number of carbonyl (C=O) groups excluding carboxylic acids is 1. The van der Waals surface area contributed by atoms with Gasteiger partial charge in [-0.15, -0.1) is 0 Å². The van der Waals surface area contributed by atoms with Gasteiger partial charge in [-0.05, 0) is 25.1 Å². The van der Waals surface area contributed by atoms with Crippen LogP contribution in [0.4, 0.5) is 0 Å². The Hall–Kier alpha value is -0.320. The largest absolute Gasteiger partial charge is 0.464 e. The van der Waals surface area contributed by atoms with Crippen LogP contribution in [0.25, 0.3) is 0 Å². The van der Waals surface area contributed by atoms with E-state index < -0.39 is 6.04 Å². The minimum atomic E-state index is -0.469. The normalized spacial score (nSPS) is 12.3. The van der Waals surface area contributed by atoms with Crippen molar-refractivity contribution in [2.24, 2.45) is 0 Å². The summed E-state index contributed by atoms with van der Waals surface area (Å²) in [4.78, 5) is 13.7. The van der Waals surface area contributed by atoms with Gasteiger partial charge in [0.2, 0.25) is 0 Å². The number of esters is 1. The molecule has 4 nitrogen and oxygen atoms in total. The van der Waals surface area contributed by atoms with Crippen LogP contribution < -0.4 is 4.84 Å². The summed E-state index contributed by atoms with van der Waals surface area (Å²) in [6.45, 7) is 5.79. The lowest BCUT2D eigenvalue weighted by Gasteiger charge is -2.09. The van der Waals surface area contributed by atoms with Crippen molar-refractivity contribution >= 4 is 17.7 Å². The summed E-state index contributed by atoms with van der Waals surface area (Å²) in [6, 6.07) is -0.469. The van der Waals surface area contributed by atoms with Crippen LogP contribution in [-0.2, 0) is 14.3 Å². The van der Waals surface area contributed by atoms with Crippen LogP contribution in [0, 0.1) is 0 Å². The van der Waals surface area contributed by atoms with E-state index in [1.165, 1.54) is 83.5 Å². The van der Waals surface area contributed by atoms with Crippen LogP contribution in [0.5, 0.6) is 0 Å². The Morgan fingerprint density at radius 2 is 1.19 bits per heavy atom. The molecule has 0 radical (unpaired) electrons. The minimum absolute atomic E-state index is 0.322. The highest BCUT2D eigenvalue weighted by Gasteiger charge is 2.11. The van der Waals surface area contributed by atoms with Gasteiger partial charge in [-0.1, -0.05) is 90.4 Å². The Morgan fingerprint density at radius 1 is 0.741 bits per heavy atom. The molecule has 0 unspecified atom stereocenters. The lowest BCUT2D eigenvalue weighted by Crippen LogP contribution is -2.29. The Labute approximate surface area is 173 Å². The topological polar surface area (TPSA) is 47.6 Å². The van der Waals surface area contributed by atoms with Gasteiger partial charge >= 0.3 is 5.97 Å². The maximum absolute atomic E-state index is 11.3. The van der Waals surface area contributed by atoms with Crippen molar-refractivity contribution in [1.29, 1.82) is 0 Å². The number of unbranched alkanes of at least 4 members (excludes halogenated alkanes) is 13. The molecule has 0 saturated heterocycles. The minimum Gasteiger partial charge on any atom is -0.464 e. The molecule has 0 aromatic carbocycles. The van der Waals surface area contributed by atoms with E-state index in [9.17, 15) is 4.79 Å². The predicted molar refractivity (Wildman–Crippen MR) is 115 cm³/mol. The molecular weight excluding hydrogens is 362 g/mol. The molecule has 0 saturated carbocycles. The van der Waals surface area contributed by atoms with Crippen molar-refractivity contribution in [3.05, 3.63) is 0 Å². The highest BCUT2D eigenvalue weighted by Crippen LogP contribution is 2.12. The van der Waals surface area contributed by atoms with Crippen LogP contribution in [0.3, 0.4) is 0 Å². The maximum atomic E-state index is 11.3. The average molecular weight is 406 g/mol. The first kappa shape index (κ1) is 26.7. The molecule has 0 heterocycles. The highest BCUT2D eigenvalue weighted by atomic mass is 35.5. The first-order chi connectivity index (χ1) is 13.2. The summed E-state index contributed by atoms with van der Waals surface area (Å²) in [7, 11) is 0. The average Bonchev–Trinajstić information content (AvgIpc) is 2.68. The number of hydrogen-bond acceptors (Lipinski definition) is 4. The van der Waals surface area contributed by atoms with E-state index in [4.69, 9.17) is 21.3 Å². The molecule has 0 aromatic heterocycles. The lowest BCUT2D eigenvalue weighted by molar-refractivity contribution is -0.145. The monoisotopic (exact) mass is 405 g/mol. The highest BCUT2D eigenvalue weighted by molar-refractivity contribution is 6.14. The number of carbonyl (C=O) groups is 1. The van der Waals surface area contributed by atoms with Gasteiger partial charge in [-0.25, -0.2) is 4.84 Å². The van der Waals surface area contributed by atoms with Crippen LogP contribution in [0.1, 0.15) is 110 Å². The molecule has 0 amide bonds. The Morgan fingerprint density at radius 3 is 1.67 bits per heavy atom.